The van der Waals surface area contributed by atoms with Crippen LogP contribution in [0.3, 0.4) is 0 Å². The molecular weight excluding hydrogens is 288 g/mol. The number of nitrogens with zero attached hydrogens (tertiary/aromatic N) is 2. The van der Waals surface area contributed by atoms with Crippen LogP contribution >= 0.6 is 11.8 Å². The highest BCUT2D eigenvalue weighted by molar-refractivity contribution is 7.99. The number of aliphatic hydroxyl groups excluding tert-OH is 1. The van der Waals surface area contributed by atoms with E-state index in [1.807, 2.05) is 0 Å². The van der Waals surface area contributed by atoms with Crippen molar-refractivity contribution in [1.82, 2.24) is 15.2 Å². The second-order valence-electron chi connectivity index (χ2n) is 4.04. The first kappa shape index (κ1) is 14.9. The van der Waals surface area contributed by atoms with E-state index in [9.17, 15) is 13.9 Å². The third-order valence-corrected chi connectivity index (χ3v) is 3.36. The van der Waals surface area contributed by atoms with Gasteiger partial charge in [0.1, 0.15) is 11.6 Å². The fraction of sp³-hybridized carbons (Fsp3) is 0.333. The summed E-state index contributed by atoms with van der Waals surface area (Å²) in [4.78, 5) is 4.11. The van der Waals surface area contributed by atoms with Crippen molar-refractivity contribution in [1.29, 1.82) is 0 Å². The molecule has 108 valence electrons. The predicted octanol–water partition coefficient (Wildman–Crippen LogP) is 1.85. The summed E-state index contributed by atoms with van der Waals surface area (Å²) in [7, 11) is 1.50. The Bertz CT molecular complexity index is 559. The number of rotatable bonds is 6. The van der Waals surface area contributed by atoms with Crippen molar-refractivity contribution in [3.63, 3.8) is 0 Å². The number of hydrogen-bond acceptors (Lipinski definition) is 5. The number of aliphatic hydroxyl groups is 1. The summed E-state index contributed by atoms with van der Waals surface area (Å²) in [5.74, 6) is -0.725. The minimum absolute atomic E-state index is 0.222. The van der Waals surface area contributed by atoms with Gasteiger partial charge in [0.2, 0.25) is 5.16 Å². The van der Waals surface area contributed by atoms with Gasteiger partial charge >= 0.3 is 0 Å². The van der Waals surface area contributed by atoms with E-state index < -0.39 is 17.7 Å². The highest BCUT2D eigenvalue weighted by Crippen LogP contribution is 2.21. The maximum absolute atomic E-state index is 13.1. The second-order valence-corrected chi connectivity index (χ2v) is 5.03. The molecule has 2 rings (SSSR count). The summed E-state index contributed by atoms with van der Waals surface area (Å²) >= 11 is 1.22. The second kappa shape index (κ2) is 6.78. The van der Waals surface area contributed by atoms with Gasteiger partial charge in [-0.1, -0.05) is 11.8 Å². The van der Waals surface area contributed by atoms with Crippen molar-refractivity contribution >= 4 is 11.8 Å². The van der Waals surface area contributed by atoms with Crippen LogP contribution < -0.4 is 0 Å². The van der Waals surface area contributed by atoms with Gasteiger partial charge in [0.05, 0.1) is 12.7 Å². The lowest BCUT2D eigenvalue weighted by molar-refractivity contribution is 0.0794. The fourth-order valence-electron chi connectivity index (χ4n) is 1.54. The molecule has 0 radical (unpaired) electrons. The molecule has 0 aliphatic rings. The maximum Gasteiger partial charge on any atom is 0.208 e. The van der Waals surface area contributed by atoms with E-state index in [1.165, 1.54) is 18.9 Å². The highest BCUT2D eigenvalue weighted by Gasteiger charge is 2.11. The van der Waals surface area contributed by atoms with Crippen molar-refractivity contribution in [2.75, 3.05) is 19.5 Å². The summed E-state index contributed by atoms with van der Waals surface area (Å²) in [5.41, 5.74) is 0.277. The molecular formula is C12H13F2N3O2S. The number of nitrogens with one attached hydrogen (secondary N) is 1. The van der Waals surface area contributed by atoms with Gasteiger partial charge in [-0.15, -0.1) is 5.10 Å². The van der Waals surface area contributed by atoms with Crippen LogP contribution in [0.1, 0.15) is 0 Å². The molecule has 0 fully saturated rings. The molecule has 2 N–H and O–H groups in total. The lowest BCUT2D eigenvalue weighted by Gasteiger charge is -2.06. The molecule has 0 amide bonds. The molecule has 8 heteroatoms. The van der Waals surface area contributed by atoms with E-state index in [0.717, 1.165) is 18.2 Å². The molecule has 1 aromatic carbocycles. The number of H-pyrrole nitrogens is 1. The number of aromatic nitrogens is 3. The Balaban J connectivity index is 2.05. The van der Waals surface area contributed by atoms with E-state index in [-0.39, 0.29) is 18.0 Å². The van der Waals surface area contributed by atoms with Crippen LogP contribution in [-0.4, -0.2) is 45.9 Å². The average Bonchev–Trinajstić information content (AvgIpc) is 2.84. The summed E-state index contributed by atoms with van der Waals surface area (Å²) in [6.45, 7) is 0.222. The quantitative estimate of drug-likeness (QED) is 0.797. The zero-order chi connectivity index (χ0) is 14.5. The van der Waals surface area contributed by atoms with E-state index in [4.69, 9.17) is 4.74 Å². The molecule has 1 aromatic heterocycles. The largest absolute Gasteiger partial charge is 0.390 e. The SMILES string of the molecule is COC[C@H](O)CSc1n[nH]c(-c2cc(F)cc(F)c2)n1. The van der Waals surface area contributed by atoms with Crippen molar-refractivity contribution in [3.05, 3.63) is 29.8 Å². The zero-order valence-corrected chi connectivity index (χ0v) is 11.5. The lowest BCUT2D eigenvalue weighted by atomic mass is 10.2. The van der Waals surface area contributed by atoms with E-state index in [1.54, 1.807) is 0 Å². The van der Waals surface area contributed by atoms with Gasteiger partial charge in [0.15, 0.2) is 5.82 Å². The number of thioether (sulfide) groups is 1. The standard InChI is InChI=1S/C12H13F2N3O2S/c1-19-5-10(18)6-20-12-15-11(16-17-12)7-2-8(13)4-9(14)3-7/h2-4,10,18H,5-6H2,1H3,(H,15,16,17)/t10-/m0/s1. The number of benzene rings is 1. The Morgan fingerprint density at radius 1 is 1.35 bits per heavy atom. The molecule has 1 atom stereocenters. The summed E-state index contributed by atoms with van der Waals surface area (Å²) in [5, 5.41) is 16.4. The Hall–Kier alpha value is -1.51. The van der Waals surface area contributed by atoms with Crippen LogP contribution in [0.2, 0.25) is 0 Å². The molecule has 0 spiro atoms. The van der Waals surface area contributed by atoms with Gasteiger partial charge in [0.25, 0.3) is 0 Å². The van der Waals surface area contributed by atoms with Crippen LogP contribution in [0.25, 0.3) is 11.4 Å². The van der Waals surface area contributed by atoms with Crippen molar-refractivity contribution in [2.45, 2.75) is 11.3 Å². The van der Waals surface area contributed by atoms with E-state index in [2.05, 4.69) is 15.2 Å². The Morgan fingerprint density at radius 2 is 2.05 bits per heavy atom. The summed E-state index contributed by atoms with van der Waals surface area (Å²) < 4.78 is 31.0. The van der Waals surface area contributed by atoms with Gasteiger partial charge in [-0.25, -0.2) is 13.8 Å². The maximum atomic E-state index is 13.1. The minimum atomic E-state index is -0.680. The summed E-state index contributed by atoms with van der Waals surface area (Å²) in [6.07, 6.45) is -0.626. The number of ether oxygens (including phenoxy) is 1. The minimum Gasteiger partial charge on any atom is -0.390 e. The van der Waals surface area contributed by atoms with Crippen LogP contribution in [0.5, 0.6) is 0 Å². The molecule has 0 unspecified atom stereocenters. The Kier molecular flexibility index (Phi) is 5.05. The van der Waals surface area contributed by atoms with E-state index in [0.29, 0.717) is 10.9 Å². The van der Waals surface area contributed by atoms with Crippen LogP contribution in [0.15, 0.2) is 23.4 Å². The van der Waals surface area contributed by atoms with Crippen LogP contribution in [0.4, 0.5) is 8.78 Å². The molecule has 0 saturated carbocycles. The van der Waals surface area contributed by atoms with Gasteiger partial charge in [-0.05, 0) is 12.1 Å². The van der Waals surface area contributed by atoms with Crippen molar-refractivity contribution in [3.8, 4) is 11.4 Å². The zero-order valence-electron chi connectivity index (χ0n) is 10.6. The number of methoxy groups -OCH3 is 1. The number of halogens is 2. The molecule has 0 saturated heterocycles. The predicted molar refractivity (Wildman–Crippen MR) is 70.3 cm³/mol. The normalized spacial score (nSPS) is 12.6. The van der Waals surface area contributed by atoms with Gasteiger partial charge < -0.3 is 9.84 Å². The van der Waals surface area contributed by atoms with E-state index >= 15 is 0 Å². The molecule has 2 aromatic rings. The molecule has 0 bridgehead atoms. The van der Waals surface area contributed by atoms with Gasteiger partial charge in [-0.3, -0.25) is 5.10 Å². The highest BCUT2D eigenvalue weighted by atomic mass is 32.2. The van der Waals surface area contributed by atoms with Crippen LogP contribution in [0, 0.1) is 11.6 Å². The first-order chi connectivity index (χ1) is 9.58. The fourth-order valence-corrected chi connectivity index (χ4v) is 2.25. The Morgan fingerprint density at radius 3 is 2.70 bits per heavy atom. The van der Waals surface area contributed by atoms with Gasteiger partial charge in [0, 0.05) is 24.5 Å². The van der Waals surface area contributed by atoms with Crippen molar-refractivity contribution < 1.29 is 18.6 Å². The smallest absolute Gasteiger partial charge is 0.208 e. The number of hydrogen-bond donors (Lipinski definition) is 2. The third-order valence-electron chi connectivity index (χ3n) is 2.36. The first-order valence-corrected chi connectivity index (χ1v) is 6.75. The number of aromatic amines is 1. The van der Waals surface area contributed by atoms with Crippen molar-refractivity contribution in [2.24, 2.45) is 0 Å². The van der Waals surface area contributed by atoms with Gasteiger partial charge in [-0.2, -0.15) is 0 Å². The average molecular weight is 301 g/mol. The molecule has 0 aliphatic carbocycles. The Labute approximate surface area is 118 Å². The first-order valence-electron chi connectivity index (χ1n) is 5.77. The van der Waals surface area contributed by atoms with Crippen LogP contribution in [-0.2, 0) is 4.74 Å². The third kappa shape index (κ3) is 3.99. The lowest BCUT2D eigenvalue weighted by Crippen LogP contribution is -2.16. The molecule has 5 nitrogen and oxygen atoms in total. The molecule has 0 aliphatic heterocycles. The molecule has 20 heavy (non-hydrogen) atoms. The topological polar surface area (TPSA) is 71.0 Å². The monoisotopic (exact) mass is 301 g/mol. The molecule has 1 heterocycles. The summed E-state index contributed by atoms with van der Waals surface area (Å²) in [6, 6.07) is 3.12.